The van der Waals surface area contributed by atoms with Crippen molar-refractivity contribution in [1.29, 1.82) is 0 Å². The number of aromatic nitrogens is 4. The molecule has 1 atom stereocenters. The molecule has 1 amide bonds. The van der Waals surface area contributed by atoms with Crippen molar-refractivity contribution in [2.75, 3.05) is 13.1 Å². The smallest absolute Gasteiger partial charge is 0.337 e. The van der Waals surface area contributed by atoms with Gasteiger partial charge in [0.2, 0.25) is 0 Å². The molecule has 3 aromatic heterocycles. The van der Waals surface area contributed by atoms with Gasteiger partial charge < -0.3 is 9.42 Å². The number of carbonyl (C=O) groups excluding carboxylic acids is 1. The Hall–Kier alpha value is -2.91. The van der Waals surface area contributed by atoms with E-state index in [4.69, 9.17) is 4.52 Å². The lowest BCUT2D eigenvalue weighted by Crippen LogP contribution is -2.39. The topological polar surface area (TPSA) is 77.0 Å². The number of rotatable bonds is 2. The van der Waals surface area contributed by atoms with Crippen molar-refractivity contribution in [2.45, 2.75) is 31.9 Å². The predicted molar refractivity (Wildman–Crippen MR) is 92.6 cm³/mol. The zero-order valence-electron chi connectivity index (χ0n) is 15.3. The van der Waals surface area contributed by atoms with Crippen LogP contribution < -0.4 is 0 Å². The summed E-state index contributed by atoms with van der Waals surface area (Å²) in [5.74, 6) is -0.560. The summed E-state index contributed by atoms with van der Waals surface area (Å²) in [5, 5.41) is 7.62. The van der Waals surface area contributed by atoms with Gasteiger partial charge in [0, 0.05) is 32.3 Å². The Labute approximate surface area is 158 Å². The van der Waals surface area contributed by atoms with Crippen LogP contribution in [0.2, 0.25) is 0 Å². The maximum Gasteiger partial charge on any atom is 0.417 e. The van der Waals surface area contributed by atoms with Gasteiger partial charge in [0.25, 0.3) is 11.6 Å². The molecule has 1 aliphatic rings. The van der Waals surface area contributed by atoms with Gasteiger partial charge in [-0.25, -0.2) is 4.98 Å². The number of carbonyl (C=O) groups is 1. The normalized spacial score (nSPS) is 18.0. The van der Waals surface area contributed by atoms with Gasteiger partial charge in [-0.1, -0.05) is 5.16 Å². The minimum atomic E-state index is -4.55. The number of likely N-dealkylation sites (tertiary alicyclic amines) is 1. The van der Waals surface area contributed by atoms with Crippen LogP contribution >= 0.6 is 0 Å². The molecule has 4 heterocycles. The van der Waals surface area contributed by atoms with Crippen molar-refractivity contribution in [3.8, 4) is 0 Å². The predicted octanol–water partition coefficient (Wildman–Crippen LogP) is 3.30. The molecule has 0 unspecified atom stereocenters. The minimum absolute atomic E-state index is 0.117. The number of halogens is 3. The molecule has 1 saturated heterocycles. The van der Waals surface area contributed by atoms with Crippen LogP contribution in [-0.4, -0.2) is 43.8 Å². The van der Waals surface area contributed by atoms with Crippen LogP contribution in [0.25, 0.3) is 11.1 Å². The lowest BCUT2D eigenvalue weighted by molar-refractivity contribution is -0.136. The molecule has 0 bridgehead atoms. The molecule has 0 aliphatic carbocycles. The molecular formula is C18H18F3N5O2. The molecule has 4 rings (SSSR count). The first-order valence-corrected chi connectivity index (χ1v) is 8.87. The van der Waals surface area contributed by atoms with Crippen LogP contribution in [0.15, 0.2) is 22.9 Å². The maximum atomic E-state index is 13.6. The Kier molecular flexibility index (Phi) is 4.35. The highest BCUT2D eigenvalue weighted by Crippen LogP contribution is 2.38. The Morgan fingerprint density at radius 1 is 1.36 bits per heavy atom. The molecule has 0 spiro atoms. The Morgan fingerprint density at radius 2 is 2.14 bits per heavy atom. The second-order valence-electron chi connectivity index (χ2n) is 7.01. The highest BCUT2D eigenvalue weighted by molar-refractivity contribution is 5.92. The van der Waals surface area contributed by atoms with Gasteiger partial charge in [0.05, 0.1) is 22.3 Å². The summed E-state index contributed by atoms with van der Waals surface area (Å²) in [5.41, 5.74) is -0.213. The maximum absolute atomic E-state index is 13.6. The molecule has 3 aromatic rings. The summed E-state index contributed by atoms with van der Waals surface area (Å²) >= 11 is 0. The van der Waals surface area contributed by atoms with Gasteiger partial charge in [-0.05, 0) is 31.9 Å². The fraction of sp³-hybridized carbons (Fsp3) is 0.444. The number of aryl methyl sites for hydroxylation is 2. The number of amides is 1. The number of piperidine rings is 1. The van der Waals surface area contributed by atoms with Gasteiger partial charge >= 0.3 is 6.18 Å². The van der Waals surface area contributed by atoms with Crippen LogP contribution in [0.3, 0.4) is 0 Å². The Morgan fingerprint density at radius 3 is 2.82 bits per heavy atom. The third-order valence-electron chi connectivity index (χ3n) is 5.00. The minimum Gasteiger partial charge on any atom is -0.337 e. The molecule has 7 nitrogen and oxygen atoms in total. The van der Waals surface area contributed by atoms with Crippen LogP contribution in [-0.2, 0) is 13.2 Å². The average molecular weight is 393 g/mol. The van der Waals surface area contributed by atoms with E-state index in [0.717, 1.165) is 6.07 Å². The number of fused-ring (bicyclic) bond motifs is 1. The molecule has 148 valence electrons. The van der Waals surface area contributed by atoms with Gasteiger partial charge in [0.15, 0.2) is 0 Å². The van der Waals surface area contributed by atoms with Crippen LogP contribution in [0.5, 0.6) is 0 Å². The highest BCUT2D eigenvalue weighted by atomic mass is 19.4. The quantitative estimate of drug-likeness (QED) is 0.668. The number of hydrogen-bond donors (Lipinski definition) is 0. The van der Waals surface area contributed by atoms with E-state index in [2.05, 4.69) is 15.2 Å². The highest BCUT2D eigenvalue weighted by Gasteiger charge is 2.37. The number of nitrogens with zero attached hydrogens (tertiary/aromatic N) is 5. The third kappa shape index (κ3) is 3.23. The fourth-order valence-electron chi connectivity index (χ4n) is 3.64. The number of alkyl halides is 3. The second-order valence-corrected chi connectivity index (χ2v) is 7.01. The molecule has 10 heteroatoms. The molecule has 28 heavy (non-hydrogen) atoms. The van der Waals surface area contributed by atoms with Crippen LogP contribution in [0.1, 0.15) is 46.2 Å². The van der Waals surface area contributed by atoms with E-state index in [0.29, 0.717) is 25.1 Å². The van der Waals surface area contributed by atoms with Gasteiger partial charge in [-0.3, -0.25) is 9.48 Å². The second kappa shape index (κ2) is 6.61. The van der Waals surface area contributed by atoms with Gasteiger partial charge in [-0.2, -0.15) is 18.3 Å². The van der Waals surface area contributed by atoms with E-state index >= 15 is 0 Å². The fourth-order valence-corrected chi connectivity index (χ4v) is 3.64. The van der Waals surface area contributed by atoms with E-state index in [1.54, 1.807) is 24.2 Å². The third-order valence-corrected chi connectivity index (χ3v) is 5.00. The van der Waals surface area contributed by atoms with E-state index in [1.165, 1.54) is 11.6 Å². The van der Waals surface area contributed by atoms with E-state index in [1.807, 2.05) is 0 Å². The molecule has 0 radical (unpaired) electrons. The first-order chi connectivity index (χ1) is 13.2. The summed E-state index contributed by atoms with van der Waals surface area (Å²) in [6, 6.07) is 2.68. The van der Waals surface area contributed by atoms with Gasteiger partial charge in [0.1, 0.15) is 5.69 Å². The first kappa shape index (κ1) is 18.5. The molecule has 1 aliphatic heterocycles. The molecule has 0 N–H and O–H groups in total. The Bertz CT molecular complexity index is 1040. The summed E-state index contributed by atoms with van der Waals surface area (Å²) in [4.78, 5) is 18.5. The monoisotopic (exact) mass is 393 g/mol. The summed E-state index contributed by atoms with van der Waals surface area (Å²) < 4.78 is 47.3. The van der Waals surface area contributed by atoms with E-state index in [-0.39, 0.29) is 40.9 Å². The lowest BCUT2D eigenvalue weighted by Gasteiger charge is -2.32. The molecule has 1 fully saturated rings. The average Bonchev–Trinajstić information content (AvgIpc) is 3.26. The van der Waals surface area contributed by atoms with Crippen molar-refractivity contribution in [2.24, 2.45) is 7.05 Å². The van der Waals surface area contributed by atoms with Crippen molar-refractivity contribution in [3.05, 3.63) is 41.0 Å². The van der Waals surface area contributed by atoms with Crippen molar-refractivity contribution >= 4 is 17.0 Å². The standard InChI is InChI=1S/C18H18F3N5O2/c1-10-15-12(18(19,20)21)8-14(22-16(15)28-24-10)11-4-3-6-26(9-11)17(27)13-5-7-25(2)23-13/h5,7-8,11H,3-4,6,9H2,1-2H3/t11-/m1/s1. The van der Waals surface area contributed by atoms with Crippen molar-refractivity contribution in [3.63, 3.8) is 0 Å². The molecule has 0 saturated carbocycles. The largest absolute Gasteiger partial charge is 0.417 e. The lowest BCUT2D eigenvalue weighted by atomic mass is 9.92. The van der Waals surface area contributed by atoms with Gasteiger partial charge in [-0.15, -0.1) is 0 Å². The van der Waals surface area contributed by atoms with Crippen molar-refractivity contribution < 1.29 is 22.5 Å². The van der Waals surface area contributed by atoms with Crippen LogP contribution in [0.4, 0.5) is 13.2 Å². The van der Waals surface area contributed by atoms with E-state index in [9.17, 15) is 18.0 Å². The number of pyridine rings is 1. The summed E-state index contributed by atoms with van der Waals surface area (Å²) in [6.07, 6.45) is -1.58. The molecular weight excluding hydrogens is 375 g/mol. The Balaban J connectivity index is 1.67. The zero-order chi connectivity index (χ0) is 20.1. The van der Waals surface area contributed by atoms with Crippen molar-refractivity contribution in [1.82, 2.24) is 24.8 Å². The van der Waals surface area contributed by atoms with Crippen LogP contribution in [0, 0.1) is 6.92 Å². The summed E-state index contributed by atoms with van der Waals surface area (Å²) in [6.45, 7) is 2.26. The molecule has 0 aromatic carbocycles. The van der Waals surface area contributed by atoms with E-state index < -0.39 is 11.7 Å². The first-order valence-electron chi connectivity index (χ1n) is 8.87. The SMILES string of the molecule is Cc1noc2nc([C@@H]3CCCN(C(=O)c4ccn(C)n4)C3)cc(C(F)(F)F)c12. The zero-order valence-corrected chi connectivity index (χ0v) is 15.3. The number of hydrogen-bond acceptors (Lipinski definition) is 5. The summed E-state index contributed by atoms with van der Waals surface area (Å²) in [7, 11) is 1.72.